The van der Waals surface area contributed by atoms with E-state index in [0.29, 0.717) is 6.04 Å². The van der Waals surface area contributed by atoms with Gasteiger partial charge in [-0.25, -0.2) is 0 Å². The third-order valence-electron chi connectivity index (χ3n) is 3.25. The molecule has 3 N–H and O–H groups in total. The van der Waals surface area contributed by atoms with E-state index in [2.05, 4.69) is 30.3 Å². The predicted octanol–water partition coefficient (Wildman–Crippen LogP) is 2.08. The Hall–Kier alpha value is -1.22. The molecular formula is C13H21N3. The van der Waals surface area contributed by atoms with Crippen molar-refractivity contribution in [2.45, 2.75) is 25.8 Å². The van der Waals surface area contributed by atoms with Crippen LogP contribution in [0.2, 0.25) is 0 Å². The maximum absolute atomic E-state index is 5.81. The molecule has 1 aromatic carbocycles. The molecule has 16 heavy (non-hydrogen) atoms. The van der Waals surface area contributed by atoms with Gasteiger partial charge < -0.3 is 16.0 Å². The van der Waals surface area contributed by atoms with Crippen LogP contribution in [0.5, 0.6) is 0 Å². The van der Waals surface area contributed by atoms with Crippen molar-refractivity contribution in [3.05, 3.63) is 23.8 Å². The number of likely N-dealkylation sites (N-methyl/N-ethyl adjacent to an activating group) is 1. The monoisotopic (exact) mass is 219 g/mol. The van der Waals surface area contributed by atoms with Gasteiger partial charge in [-0.05, 0) is 51.1 Å². The second-order valence-corrected chi connectivity index (χ2v) is 4.82. The largest absolute Gasteiger partial charge is 0.399 e. The van der Waals surface area contributed by atoms with E-state index in [1.54, 1.807) is 0 Å². The topological polar surface area (TPSA) is 41.3 Å². The van der Waals surface area contributed by atoms with Gasteiger partial charge in [0.2, 0.25) is 0 Å². The summed E-state index contributed by atoms with van der Waals surface area (Å²) >= 11 is 0. The van der Waals surface area contributed by atoms with E-state index < -0.39 is 0 Å². The first-order chi connectivity index (χ1) is 7.65. The molecule has 0 aliphatic carbocycles. The molecule has 1 saturated heterocycles. The van der Waals surface area contributed by atoms with Crippen LogP contribution in [-0.2, 0) is 0 Å². The summed E-state index contributed by atoms with van der Waals surface area (Å²) in [5, 5.41) is 3.60. The van der Waals surface area contributed by atoms with Crippen LogP contribution in [-0.4, -0.2) is 31.1 Å². The van der Waals surface area contributed by atoms with Gasteiger partial charge in [0.15, 0.2) is 0 Å². The van der Waals surface area contributed by atoms with Crippen molar-refractivity contribution in [3.8, 4) is 0 Å². The van der Waals surface area contributed by atoms with E-state index in [0.717, 1.165) is 12.2 Å². The van der Waals surface area contributed by atoms with Crippen LogP contribution in [0.1, 0.15) is 18.4 Å². The summed E-state index contributed by atoms with van der Waals surface area (Å²) in [6.07, 6.45) is 2.52. The van der Waals surface area contributed by atoms with Gasteiger partial charge in [-0.3, -0.25) is 0 Å². The van der Waals surface area contributed by atoms with Crippen LogP contribution in [0.3, 0.4) is 0 Å². The number of nitrogens with one attached hydrogen (secondary N) is 1. The maximum atomic E-state index is 5.81. The summed E-state index contributed by atoms with van der Waals surface area (Å²) < 4.78 is 0. The molecule has 0 spiro atoms. The lowest BCUT2D eigenvalue weighted by Crippen LogP contribution is -2.39. The summed E-state index contributed by atoms with van der Waals surface area (Å²) in [6, 6.07) is 6.61. The predicted molar refractivity (Wildman–Crippen MR) is 69.7 cm³/mol. The first kappa shape index (κ1) is 11.3. The van der Waals surface area contributed by atoms with Crippen molar-refractivity contribution < 1.29 is 0 Å². The lowest BCUT2D eigenvalue weighted by molar-refractivity contribution is 0.261. The molecule has 2 rings (SSSR count). The molecule has 0 radical (unpaired) electrons. The summed E-state index contributed by atoms with van der Waals surface area (Å²) in [5.74, 6) is 0. The second-order valence-electron chi connectivity index (χ2n) is 4.82. The van der Waals surface area contributed by atoms with E-state index in [1.165, 1.54) is 30.6 Å². The van der Waals surface area contributed by atoms with Crippen LogP contribution in [0.4, 0.5) is 11.4 Å². The van der Waals surface area contributed by atoms with Crippen LogP contribution < -0.4 is 11.1 Å². The number of nitrogen functional groups attached to an aromatic ring is 1. The zero-order valence-corrected chi connectivity index (χ0v) is 10.2. The molecule has 1 unspecified atom stereocenters. The molecule has 1 aliphatic rings. The minimum atomic E-state index is 0.555. The Kier molecular flexibility index (Phi) is 3.34. The molecule has 0 aromatic heterocycles. The molecule has 0 saturated carbocycles. The minimum Gasteiger partial charge on any atom is -0.399 e. The van der Waals surface area contributed by atoms with E-state index in [9.17, 15) is 0 Å². The fourth-order valence-electron chi connectivity index (χ4n) is 2.30. The fourth-order valence-corrected chi connectivity index (χ4v) is 2.30. The first-order valence-electron chi connectivity index (χ1n) is 5.96. The first-order valence-corrected chi connectivity index (χ1v) is 5.96. The SMILES string of the molecule is Cc1ccc(N)cc1NC1CCCN(C)C1. The third-order valence-corrected chi connectivity index (χ3v) is 3.25. The van der Waals surface area contributed by atoms with E-state index in [4.69, 9.17) is 5.73 Å². The standard InChI is InChI=1S/C13H21N3/c1-10-5-6-11(14)8-13(10)15-12-4-3-7-16(2)9-12/h5-6,8,12,15H,3-4,7,9,14H2,1-2H3. The summed E-state index contributed by atoms with van der Waals surface area (Å²) in [7, 11) is 2.18. The highest BCUT2D eigenvalue weighted by atomic mass is 15.1. The van der Waals surface area contributed by atoms with Gasteiger partial charge in [-0.2, -0.15) is 0 Å². The number of piperidine rings is 1. The highest BCUT2D eigenvalue weighted by Crippen LogP contribution is 2.21. The summed E-state index contributed by atoms with van der Waals surface area (Å²) in [4.78, 5) is 2.38. The van der Waals surface area contributed by atoms with Crippen molar-refractivity contribution in [1.29, 1.82) is 0 Å². The van der Waals surface area contributed by atoms with E-state index >= 15 is 0 Å². The van der Waals surface area contributed by atoms with Gasteiger partial charge in [0.05, 0.1) is 0 Å². The molecule has 1 heterocycles. The average molecular weight is 219 g/mol. The van der Waals surface area contributed by atoms with Crippen molar-refractivity contribution >= 4 is 11.4 Å². The zero-order chi connectivity index (χ0) is 11.5. The number of aryl methyl sites for hydroxylation is 1. The molecule has 0 amide bonds. The van der Waals surface area contributed by atoms with Crippen molar-refractivity contribution in [1.82, 2.24) is 4.90 Å². The Labute approximate surface area is 97.6 Å². The van der Waals surface area contributed by atoms with Crippen molar-refractivity contribution in [3.63, 3.8) is 0 Å². The van der Waals surface area contributed by atoms with Crippen LogP contribution in [0.15, 0.2) is 18.2 Å². The fraction of sp³-hybridized carbons (Fsp3) is 0.538. The van der Waals surface area contributed by atoms with Gasteiger partial charge >= 0.3 is 0 Å². The molecule has 0 bridgehead atoms. The van der Waals surface area contributed by atoms with Gasteiger partial charge in [-0.1, -0.05) is 6.07 Å². The number of hydrogen-bond donors (Lipinski definition) is 2. The van der Waals surface area contributed by atoms with Gasteiger partial charge in [-0.15, -0.1) is 0 Å². The second kappa shape index (κ2) is 4.74. The minimum absolute atomic E-state index is 0.555. The van der Waals surface area contributed by atoms with Crippen molar-refractivity contribution in [2.24, 2.45) is 0 Å². The Morgan fingerprint density at radius 1 is 1.44 bits per heavy atom. The molecule has 88 valence electrons. The molecular weight excluding hydrogens is 198 g/mol. The highest BCUT2D eigenvalue weighted by Gasteiger charge is 2.17. The zero-order valence-electron chi connectivity index (χ0n) is 10.2. The number of nitrogens with zero attached hydrogens (tertiary/aromatic N) is 1. The van der Waals surface area contributed by atoms with Crippen molar-refractivity contribution in [2.75, 3.05) is 31.2 Å². The highest BCUT2D eigenvalue weighted by molar-refractivity contribution is 5.59. The lowest BCUT2D eigenvalue weighted by Gasteiger charge is -2.31. The Morgan fingerprint density at radius 2 is 2.25 bits per heavy atom. The van der Waals surface area contributed by atoms with Crippen LogP contribution >= 0.6 is 0 Å². The molecule has 1 fully saturated rings. The average Bonchev–Trinajstić information content (AvgIpc) is 2.24. The molecule has 3 heteroatoms. The third kappa shape index (κ3) is 2.67. The molecule has 1 aromatic rings. The molecule has 1 aliphatic heterocycles. The number of anilines is 2. The number of nitrogens with two attached hydrogens (primary N) is 1. The van der Waals surface area contributed by atoms with Crippen LogP contribution in [0.25, 0.3) is 0 Å². The van der Waals surface area contributed by atoms with Gasteiger partial charge in [0, 0.05) is 24.0 Å². The Bertz CT molecular complexity index is 362. The number of hydrogen-bond acceptors (Lipinski definition) is 3. The molecule has 3 nitrogen and oxygen atoms in total. The van der Waals surface area contributed by atoms with E-state index in [1.807, 2.05) is 12.1 Å². The maximum Gasteiger partial charge on any atom is 0.0393 e. The van der Waals surface area contributed by atoms with Crippen LogP contribution in [0, 0.1) is 6.92 Å². The number of rotatable bonds is 2. The van der Waals surface area contributed by atoms with E-state index in [-0.39, 0.29) is 0 Å². The molecule has 1 atom stereocenters. The van der Waals surface area contributed by atoms with Gasteiger partial charge in [0.1, 0.15) is 0 Å². The summed E-state index contributed by atoms with van der Waals surface area (Å²) in [6.45, 7) is 4.46. The number of benzene rings is 1. The smallest absolute Gasteiger partial charge is 0.0393 e. The quantitative estimate of drug-likeness (QED) is 0.748. The van der Waals surface area contributed by atoms with Gasteiger partial charge in [0.25, 0.3) is 0 Å². The normalized spacial score (nSPS) is 22.0. The Morgan fingerprint density at radius 3 is 3.00 bits per heavy atom. The summed E-state index contributed by atoms with van der Waals surface area (Å²) in [5.41, 5.74) is 9.09. The number of likely N-dealkylation sites (tertiary alicyclic amines) is 1. The lowest BCUT2D eigenvalue weighted by atomic mass is 10.0. The Balaban J connectivity index is 2.05.